The van der Waals surface area contributed by atoms with E-state index in [1.54, 1.807) is 0 Å². The molecule has 0 atom stereocenters. The first-order valence-corrected chi connectivity index (χ1v) is 4.38. The van der Waals surface area contributed by atoms with E-state index in [1.807, 2.05) is 0 Å². The van der Waals surface area contributed by atoms with Crippen LogP contribution in [0.2, 0.25) is 0 Å². The summed E-state index contributed by atoms with van der Waals surface area (Å²) < 4.78 is 24.1. The van der Waals surface area contributed by atoms with E-state index in [0.717, 1.165) is 0 Å². The maximum absolute atomic E-state index is 8.56. The van der Waals surface area contributed by atoms with Gasteiger partial charge in [-0.25, -0.2) is 0 Å². The third-order valence-corrected chi connectivity index (χ3v) is 1.43. The SMILES string of the molecule is Cc1ccccc1C.O=[S-](=O)O.[K+]. The molecule has 0 saturated carbocycles. The molecule has 0 fully saturated rings. The minimum atomic E-state index is -2.86. The van der Waals surface area contributed by atoms with Gasteiger partial charge >= 0.3 is 51.4 Å². The molecule has 13 heavy (non-hydrogen) atoms. The van der Waals surface area contributed by atoms with Crippen LogP contribution in [-0.4, -0.2) is 4.55 Å². The summed E-state index contributed by atoms with van der Waals surface area (Å²) in [6.45, 7) is 4.24. The van der Waals surface area contributed by atoms with Crippen LogP contribution in [0.4, 0.5) is 0 Å². The molecule has 68 valence electrons. The average Bonchev–Trinajstić information content (AvgIpc) is 1.94. The summed E-state index contributed by atoms with van der Waals surface area (Å²) in [6, 6.07) is 8.36. The predicted octanol–water partition coefficient (Wildman–Crippen LogP) is -0.924. The molecular formula is C8H11KO3S. The van der Waals surface area contributed by atoms with Crippen molar-refractivity contribution in [1.82, 2.24) is 0 Å². The Balaban J connectivity index is 0. The Morgan fingerprint density at radius 3 is 1.46 bits per heavy atom. The molecule has 0 amide bonds. The van der Waals surface area contributed by atoms with Crippen molar-refractivity contribution >= 4 is 11.0 Å². The molecule has 0 spiro atoms. The molecule has 0 aliphatic carbocycles. The number of hydrogen-bond donors (Lipinski definition) is 1. The molecule has 1 aromatic carbocycles. The van der Waals surface area contributed by atoms with Crippen LogP contribution in [0.1, 0.15) is 11.1 Å². The van der Waals surface area contributed by atoms with Crippen molar-refractivity contribution in [2.45, 2.75) is 13.8 Å². The molecule has 0 bridgehead atoms. The van der Waals surface area contributed by atoms with E-state index in [9.17, 15) is 0 Å². The fraction of sp³-hybridized carbons (Fsp3) is 0.250. The predicted molar refractivity (Wildman–Crippen MR) is 47.3 cm³/mol. The number of aryl methyl sites for hydroxylation is 2. The third-order valence-electron chi connectivity index (χ3n) is 1.43. The zero-order valence-electron chi connectivity index (χ0n) is 7.98. The first-order chi connectivity index (χ1) is 5.54. The summed E-state index contributed by atoms with van der Waals surface area (Å²) >= 11 is 0. The van der Waals surface area contributed by atoms with E-state index < -0.39 is 11.0 Å². The Morgan fingerprint density at radius 1 is 1.08 bits per heavy atom. The van der Waals surface area contributed by atoms with Gasteiger partial charge in [0, 0.05) is 11.0 Å². The van der Waals surface area contributed by atoms with Gasteiger partial charge in [-0.05, 0) is 25.0 Å². The zero-order valence-corrected chi connectivity index (χ0v) is 11.9. The van der Waals surface area contributed by atoms with Gasteiger partial charge in [-0.3, -0.25) is 0 Å². The average molecular weight is 226 g/mol. The van der Waals surface area contributed by atoms with E-state index in [1.165, 1.54) is 11.1 Å². The molecule has 1 N–H and O–H groups in total. The van der Waals surface area contributed by atoms with Crippen molar-refractivity contribution in [2.75, 3.05) is 0 Å². The molecule has 5 heteroatoms. The molecule has 0 unspecified atom stereocenters. The van der Waals surface area contributed by atoms with Gasteiger partial charge in [0.2, 0.25) is 0 Å². The van der Waals surface area contributed by atoms with E-state index in [-0.39, 0.29) is 51.4 Å². The normalized spacial score (nSPS) is 8.31. The molecule has 0 radical (unpaired) electrons. The quantitative estimate of drug-likeness (QED) is 0.269. The van der Waals surface area contributed by atoms with Crippen LogP contribution in [0.15, 0.2) is 24.3 Å². The van der Waals surface area contributed by atoms with Crippen LogP contribution in [-0.2, 0) is 19.4 Å². The summed E-state index contributed by atoms with van der Waals surface area (Å²) in [5, 5.41) is 0. The first-order valence-electron chi connectivity index (χ1n) is 3.34. The van der Waals surface area contributed by atoms with E-state index in [4.69, 9.17) is 13.0 Å². The topological polar surface area (TPSA) is 54.4 Å². The van der Waals surface area contributed by atoms with Gasteiger partial charge in [0.05, 0.1) is 0 Å². The maximum Gasteiger partial charge on any atom is 1.00 e. The van der Waals surface area contributed by atoms with Crippen molar-refractivity contribution in [3.63, 3.8) is 0 Å². The number of hydrogen-bond acceptors (Lipinski definition) is 3. The standard InChI is InChI=1S/C8H10.K.HO3S/c1-7-5-3-4-6-8(7)2;;1-4(2)3/h3-6H,1-2H3;;(H,1,2,3)/q;+1;-1. The summed E-state index contributed by atoms with van der Waals surface area (Å²) in [5.74, 6) is 0. The van der Waals surface area contributed by atoms with Crippen molar-refractivity contribution in [3.8, 4) is 0 Å². The molecule has 3 nitrogen and oxygen atoms in total. The van der Waals surface area contributed by atoms with Crippen LogP contribution in [0.25, 0.3) is 0 Å². The Hall–Kier alpha value is 0.766. The Morgan fingerprint density at radius 2 is 1.31 bits per heavy atom. The van der Waals surface area contributed by atoms with Gasteiger partial charge in [-0.15, -0.1) is 0 Å². The zero-order chi connectivity index (χ0) is 9.56. The molecule has 0 aromatic heterocycles. The smallest absolute Gasteiger partial charge is 0.439 e. The summed E-state index contributed by atoms with van der Waals surface area (Å²) in [4.78, 5) is 0. The van der Waals surface area contributed by atoms with Crippen LogP contribution >= 0.6 is 0 Å². The summed E-state index contributed by atoms with van der Waals surface area (Å²) in [5.41, 5.74) is 2.74. The van der Waals surface area contributed by atoms with Gasteiger partial charge in [0.1, 0.15) is 0 Å². The number of rotatable bonds is 0. The maximum atomic E-state index is 8.56. The van der Waals surface area contributed by atoms with Gasteiger partial charge in [-0.2, -0.15) is 0 Å². The molecule has 0 heterocycles. The van der Waals surface area contributed by atoms with Crippen molar-refractivity contribution in [1.29, 1.82) is 0 Å². The Kier molecular flexibility index (Phi) is 11.6. The van der Waals surface area contributed by atoms with Gasteiger partial charge in [-0.1, -0.05) is 24.3 Å². The second-order valence-electron chi connectivity index (χ2n) is 2.30. The molecule has 1 rings (SSSR count). The largest absolute Gasteiger partial charge is 1.00 e. The second kappa shape index (κ2) is 9.33. The van der Waals surface area contributed by atoms with Crippen LogP contribution in [0.3, 0.4) is 0 Å². The first kappa shape index (κ1) is 16.2. The van der Waals surface area contributed by atoms with E-state index in [0.29, 0.717) is 0 Å². The molecule has 0 aliphatic heterocycles. The molecular weight excluding hydrogens is 215 g/mol. The summed E-state index contributed by atoms with van der Waals surface area (Å²) in [7, 11) is -2.86. The Labute approximate surface area is 123 Å². The minimum Gasteiger partial charge on any atom is -0.439 e. The van der Waals surface area contributed by atoms with Crippen LogP contribution in [0, 0.1) is 13.8 Å². The fourth-order valence-corrected chi connectivity index (χ4v) is 0.663. The van der Waals surface area contributed by atoms with Gasteiger partial charge < -0.3 is 13.0 Å². The van der Waals surface area contributed by atoms with E-state index >= 15 is 0 Å². The third kappa shape index (κ3) is 10.7. The van der Waals surface area contributed by atoms with Gasteiger partial charge in [0.15, 0.2) is 0 Å². The van der Waals surface area contributed by atoms with Crippen molar-refractivity contribution in [2.24, 2.45) is 0 Å². The second-order valence-corrected chi connectivity index (χ2v) is 2.74. The van der Waals surface area contributed by atoms with Crippen molar-refractivity contribution < 1.29 is 64.4 Å². The summed E-state index contributed by atoms with van der Waals surface area (Å²) in [6.07, 6.45) is 0. The Bertz CT molecular complexity index is 281. The molecule has 0 aliphatic rings. The molecule has 0 saturated heterocycles. The van der Waals surface area contributed by atoms with Crippen LogP contribution in [0.5, 0.6) is 0 Å². The minimum absolute atomic E-state index is 0. The van der Waals surface area contributed by atoms with Gasteiger partial charge in [0.25, 0.3) is 0 Å². The number of benzene rings is 1. The van der Waals surface area contributed by atoms with E-state index in [2.05, 4.69) is 38.1 Å². The van der Waals surface area contributed by atoms with Crippen LogP contribution < -0.4 is 51.4 Å². The fourth-order valence-electron chi connectivity index (χ4n) is 0.663. The monoisotopic (exact) mass is 226 g/mol. The molecule has 1 aromatic rings. The van der Waals surface area contributed by atoms with Crippen molar-refractivity contribution in [3.05, 3.63) is 35.4 Å².